The van der Waals surface area contributed by atoms with Gasteiger partial charge in [-0.2, -0.15) is 0 Å². The number of rotatable bonds is 3. The number of nitrogens with one attached hydrogen (secondary N) is 1. The lowest BCUT2D eigenvalue weighted by atomic mass is 10.1. The summed E-state index contributed by atoms with van der Waals surface area (Å²) in [7, 11) is 1.87. The van der Waals surface area contributed by atoms with Gasteiger partial charge in [-0.3, -0.25) is 0 Å². The zero-order valence-electron chi connectivity index (χ0n) is 8.95. The third-order valence-corrected chi connectivity index (χ3v) is 2.30. The molecule has 0 saturated carbocycles. The molecule has 78 valence electrons. The normalized spacial score (nSPS) is 10.3. The van der Waals surface area contributed by atoms with E-state index in [0.29, 0.717) is 6.61 Å². The topological polar surface area (TPSA) is 34.1 Å². The Bertz CT molecular complexity index is 468. The van der Waals surface area contributed by atoms with E-state index < -0.39 is 0 Å². The fourth-order valence-corrected chi connectivity index (χ4v) is 1.66. The summed E-state index contributed by atoms with van der Waals surface area (Å²) < 4.78 is 5.56. The van der Waals surface area contributed by atoms with E-state index in [1.54, 1.807) is 6.20 Å². The van der Waals surface area contributed by atoms with Crippen molar-refractivity contribution < 1.29 is 4.74 Å². The molecule has 2 rings (SSSR count). The average molecular weight is 202 g/mol. The summed E-state index contributed by atoms with van der Waals surface area (Å²) in [6.07, 6.45) is 1.79. The van der Waals surface area contributed by atoms with Gasteiger partial charge in [0.05, 0.1) is 6.61 Å². The van der Waals surface area contributed by atoms with Crippen molar-refractivity contribution in [3.63, 3.8) is 0 Å². The van der Waals surface area contributed by atoms with E-state index in [1.807, 2.05) is 38.2 Å². The van der Waals surface area contributed by atoms with Gasteiger partial charge in [0, 0.05) is 24.0 Å². The van der Waals surface area contributed by atoms with Crippen molar-refractivity contribution in [3.05, 3.63) is 30.5 Å². The number of benzene rings is 1. The highest BCUT2D eigenvalue weighted by Gasteiger charge is 2.04. The Morgan fingerprint density at radius 3 is 2.87 bits per heavy atom. The molecule has 0 atom stereocenters. The third kappa shape index (κ3) is 1.73. The minimum atomic E-state index is 0.677. The molecule has 1 aromatic heterocycles. The summed E-state index contributed by atoms with van der Waals surface area (Å²) >= 11 is 0. The van der Waals surface area contributed by atoms with Gasteiger partial charge in [0.2, 0.25) is 0 Å². The lowest BCUT2D eigenvalue weighted by molar-refractivity contribution is 0.344. The van der Waals surface area contributed by atoms with Crippen molar-refractivity contribution >= 4 is 16.6 Å². The smallest absolute Gasteiger partial charge is 0.133 e. The van der Waals surface area contributed by atoms with Gasteiger partial charge in [-0.1, -0.05) is 12.1 Å². The van der Waals surface area contributed by atoms with E-state index in [0.717, 1.165) is 22.3 Å². The van der Waals surface area contributed by atoms with Gasteiger partial charge in [-0.25, -0.2) is 4.98 Å². The predicted molar refractivity (Wildman–Crippen MR) is 62.5 cm³/mol. The van der Waals surface area contributed by atoms with E-state index in [1.165, 1.54) is 0 Å². The van der Waals surface area contributed by atoms with E-state index in [-0.39, 0.29) is 0 Å². The standard InChI is InChI=1S/C12H14N2O/c1-3-15-11-6-4-5-10-9(11)7-8-14-12(10)13-2/h4-8H,3H2,1-2H3,(H,13,14). The number of nitrogens with zero attached hydrogens (tertiary/aromatic N) is 1. The van der Waals surface area contributed by atoms with Crippen LogP contribution in [-0.4, -0.2) is 18.6 Å². The Kier molecular flexibility index (Phi) is 2.72. The highest BCUT2D eigenvalue weighted by molar-refractivity contribution is 5.95. The van der Waals surface area contributed by atoms with E-state index in [4.69, 9.17) is 4.74 Å². The largest absolute Gasteiger partial charge is 0.493 e. The molecule has 0 amide bonds. The van der Waals surface area contributed by atoms with Crippen molar-refractivity contribution in [1.29, 1.82) is 0 Å². The number of hydrogen-bond donors (Lipinski definition) is 1. The number of hydrogen-bond acceptors (Lipinski definition) is 3. The molecule has 15 heavy (non-hydrogen) atoms. The first kappa shape index (κ1) is 9.77. The highest BCUT2D eigenvalue weighted by atomic mass is 16.5. The first-order valence-electron chi connectivity index (χ1n) is 5.05. The van der Waals surface area contributed by atoms with Crippen LogP contribution in [0.4, 0.5) is 5.82 Å². The van der Waals surface area contributed by atoms with Crippen LogP contribution in [0, 0.1) is 0 Å². The van der Waals surface area contributed by atoms with Crippen LogP contribution in [0.5, 0.6) is 5.75 Å². The molecule has 3 heteroatoms. The third-order valence-electron chi connectivity index (χ3n) is 2.30. The average Bonchev–Trinajstić information content (AvgIpc) is 2.29. The molecule has 0 bridgehead atoms. The van der Waals surface area contributed by atoms with Gasteiger partial charge in [-0.05, 0) is 19.1 Å². The maximum Gasteiger partial charge on any atom is 0.133 e. The monoisotopic (exact) mass is 202 g/mol. The number of ether oxygens (including phenoxy) is 1. The summed E-state index contributed by atoms with van der Waals surface area (Å²) in [5, 5.41) is 5.26. The SMILES string of the molecule is CCOc1cccc2c(NC)nccc12. The van der Waals surface area contributed by atoms with Crippen LogP contribution >= 0.6 is 0 Å². The molecule has 1 aromatic carbocycles. The van der Waals surface area contributed by atoms with Gasteiger partial charge >= 0.3 is 0 Å². The molecule has 0 fully saturated rings. The quantitative estimate of drug-likeness (QED) is 0.830. The van der Waals surface area contributed by atoms with Crippen LogP contribution in [-0.2, 0) is 0 Å². The van der Waals surface area contributed by atoms with Gasteiger partial charge in [0.15, 0.2) is 0 Å². The lowest BCUT2D eigenvalue weighted by Crippen LogP contribution is -1.96. The zero-order valence-corrected chi connectivity index (χ0v) is 8.95. The van der Waals surface area contributed by atoms with E-state index in [2.05, 4.69) is 10.3 Å². The number of aromatic nitrogens is 1. The zero-order chi connectivity index (χ0) is 10.7. The number of anilines is 1. The van der Waals surface area contributed by atoms with Crippen LogP contribution < -0.4 is 10.1 Å². The maximum atomic E-state index is 5.56. The second-order valence-electron chi connectivity index (χ2n) is 3.19. The summed E-state index contributed by atoms with van der Waals surface area (Å²) in [5.74, 6) is 1.79. The molecule has 0 spiro atoms. The van der Waals surface area contributed by atoms with Crippen LogP contribution in [0.2, 0.25) is 0 Å². The second-order valence-corrected chi connectivity index (χ2v) is 3.19. The first-order chi connectivity index (χ1) is 7.36. The van der Waals surface area contributed by atoms with Crippen LogP contribution in [0.25, 0.3) is 10.8 Å². The maximum absolute atomic E-state index is 5.56. The number of pyridine rings is 1. The van der Waals surface area contributed by atoms with Crippen molar-refractivity contribution in [1.82, 2.24) is 4.98 Å². The summed E-state index contributed by atoms with van der Waals surface area (Å²) in [5.41, 5.74) is 0. The van der Waals surface area contributed by atoms with Gasteiger partial charge in [-0.15, -0.1) is 0 Å². The number of fused-ring (bicyclic) bond motifs is 1. The Morgan fingerprint density at radius 2 is 2.13 bits per heavy atom. The molecule has 1 N–H and O–H groups in total. The Morgan fingerprint density at radius 1 is 1.27 bits per heavy atom. The Hall–Kier alpha value is -1.77. The molecular weight excluding hydrogens is 188 g/mol. The minimum absolute atomic E-state index is 0.677. The minimum Gasteiger partial charge on any atom is -0.493 e. The Labute approximate surface area is 89.1 Å². The van der Waals surface area contributed by atoms with Crippen molar-refractivity contribution in [3.8, 4) is 5.75 Å². The molecule has 0 unspecified atom stereocenters. The van der Waals surface area contributed by atoms with E-state index in [9.17, 15) is 0 Å². The van der Waals surface area contributed by atoms with Gasteiger partial charge in [0.25, 0.3) is 0 Å². The lowest BCUT2D eigenvalue weighted by Gasteiger charge is -2.09. The fraction of sp³-hybridized carbons (Fsp3) is 0.250. The second kappa shape index (κ2) is 4.17. The molecule has 0 saturated heterocycles. The first-order valence-corrected chi connectivity index (χ1v) is 5.05. The van der Waals surface area contributed by atoms with Crippen LogP contribution in [0.1, 0.15) is 6.92 Å². The summed E-state index contributed by atoms with van der Waals surface area (Å²) in [6.45, 7) is 2.66. The molecule has 0 aliphatic carbocycles. The van der Waals surface area contributed by atoms with Gasteiger partial charge in [0.1, 0.15) is 11.6 Å². The van der Waals surface area contributed by atoms with Crippen molar-refractivity contribution in [2.75, 3.05) is 19.0 Å². The molecule has 1 heterocycles. The summed E-state index contributed by atoms with van der Waals surface area (Å²) in [4.78, 5) is 4.26. The predicted octanol–water partition coefficient (Wildman–Crippen LogP) is 2.68. The molecule has 3 nitrogen and oxygen atoms in total. The highest BCUT2D eigenvalue weighted by Crippen LogP contribution is 2.28. The molecule has 0 aliphatic rings. The van der Waals surface area contributed by atoms with Crippen molar-refractivity contribution in [2.45, 2.75) is 6.92 Å². The molecule has 2 aromatic rings. The van der Waals surface area contributed by atoms with Crippen LogP contribution in [0.3, 0.4) is 0 Å². The van der Waals surface area contributed by atoms with Gasteiger partial charge < -0.3 is 10.1 Å². The summed E-state index contributed by atoms with van der Waals surface area (Å²) in [6, 6.07) is 7.97. The Balaban J connectivity index is 2.65. The molecule has 0 aliphatic heterocycles. The fourth-order valence-electron chi connectivity index (χ4n) is 1.66. The van der Waals surface area contributed by atoms with Crippen molar-refractivity contribution in [2.24, 2.45) is 0 Å². The molecular formula is C12H14N2O. The van der Waals surface area contributed by atoms with Crippen LogP contribution in [0.15, 0.2) is 30.5 Å². The molecule has 0 radical (unpaired) electrons. The van der Waals surface area contributed by atoms with E-state index >= 15 is 0 Å².